The lowest BCUT2D eigenvalue weighted by Crippen LogP contribution is -2.22. The molecule has 0 saturated heterocycles. The van der Waals surface area contributed by atoms with Gasteiger partial charge in [0.25, 0.3) is 5.91 Å². The fraction of sp³-hybridized carbons (Fsp3) is 0.304. The number of carbonyl (C=O) groups is 1. The van der Waals surface area contributed by atoms with E-state index >= 15 is 0 Å². The SMILES string of the molecule is C=CCn1c(=NC(=O)c2ccc(S(=O)(=O)N(C)C)cc2)sc2cc(CCCC)ccc21. The minimum atomic E-state index is -3.54. The molecule has 0 radical (unpaired) electrons. The molecule has 0 aliphatic heterocycles. The number of sulfonamides is 1. The molecular formula is C23H27N3O3S2. The van der Waals surface area contributed by atoms with Crippen LogP contribution in [0.3, 0.4) is 0 Å². The summed E-state index contributed by atoms with van der Waals surface area (Å²) in [5, 5.41) is 0. The van der Waals surface area contributed by atoms with E-state index in [-0.39, 0.29) is 4.90 Å². The number of benzene rings is 2. The lowest BCUT2D eigenvalue weighted by atomic mass is 10.1. The molecule has 1 heterocycles. The number of allylic oxidation sites excluding steroid dienone is 1. The van der Waals surface area contributed by atoms with E-state index in [0.717, 1.165) is 33.8 Å². The molecule has 3 rings (SSSR count). The van der Waals surface area contributed by atoms with Gasteiger partial charge in [-0.2, -0.15) is 4.99 Å². The van der Waals surface area contributed by atoms with Gasteiger partial charge in [-0.15, -0.1) is 6.58 Å². The summed E-state index contributed by atoms with van der Waals surface area (Å²) in [6.45, 7) is 6.54. The highest BCUT2D eigenvalue weighted by atomic mass is 32.2. The van der Waals surface area contributed by atoms with Crippen LogP contribution in [0, 0.1) is 0 Å². The van der Waals surface area contributed by atoms with E-state index < -0.39 is 15.9 Å². The number of rotatable bonds is 8. The van der Waals surface area contributed by atoms with Gasteiger partial charge in [0.15, 0.2) is 4.80 Å². The highest BCUT2D eigenvalue weighted by molar-refractivity contribution is 7.89. The lowest BCUT2D eigenvalue weighted by Gasteiger charge is -2.11. The molecule has 0 atom stereocenters. The Balaban J connectivity index is 1.99. The number of thiazole rings is 1. The van der Waals surface area contributed by atoms with E-state index in [9.17, 15) is 13.2 Å². The summed E-state index contributed by atoms with van der Waals surface area (Å²) in [6.07, 6.45) is 5.09. The molecule has 0 spiro atoms. The van der Waals surface area contributed by atoms with Gasteiger partial charge in [0.1, 0.15) is 0 Å². The highest BCUT2D eigenvalue weighted by Crippen LogP contribution is 2.21. The normalized spacial score (nSPS) is 12.6. The van der Waals surface area contributed by atoms with Gasteiger partial charge >= 0.3 is 0 Å². The monoisotopic (exact) mass is 457 g/mol. The molecule has 0 bridgehead atoms. The van der Waals surface area contributed by atoms with Crippen LogP contribution in [-0.2, 0) is 23.0 Å². The smallest absolute Gasteiger partial charge is 0.279 e. The summed E-state index contributed by atoms with van der Waals surface area (Å²) in [6, 6.07) is 12.2. The van der Waals surface area contributed by atoms with Gasteiger partial charge in [0, 0.05) is 26.2 Å². The number of hydrogen-bond donors (Lipinski definition) is 0. The molecule has 0 fully saturated rings. The number of aromatic nitrogens is 1. The van der Waals surface area contributed by atoms with Crippen molar-refractivity contribution in [1.29, 1.82) is 0 Å². The van der Waals surface area contributed by atoms with Gasteiger partial charge in [-0.3, -0.25) is 4.79 Å². The maximum Gasteiger partial charge on any atom is 0.279 e. The number of amides is 1. The van der Waals surface area contributed by atoms with E-state index in [1.165, 1.54) is 55.3 Å². The fourth-order valence-electron chi connectivity index (χ4n) is 3.18. The largest absolute Gasteiger partial charge is 0.312 e. The predicted octanol–water partition coefficient (Wildman–Crippen LogP) is 4.22. The van der Waals surface area contributed by atoms with Gasteiger partial charge in [-0.05, 0) is 54.8 Å². The maximum absolute atomic E-state index is 12.8. The van der Waals surface area contributed by atoms with Crippen LogP contribution in [0.2, 0.25) is 0 Å². The highest BCUT2D eigenvalue weighted by Gasteiger charge is 2.17. The summed E-state index contributed by atoms with van der Waals surface area (Å²) in [4.78, 5) is 17.9. The zero-order chi connectivity index (χ0) is 22.6. The van der Waals surface area contributed by atoms with Crippen LogP contribution >= 0.6 is 11.3 Å². The minimum absolute atomic E-state index is 0.136. The Bertz CT molecular complexity index is 1270. The average Bonchev–Trinajstić information content (AvgIpc) is 3.08. The van der Waals surface area contributed by atoms with Crippen molar-refractivity contribution in [2.45, 2.75) is 37.6 Å². The van der Waals surface area contributed by atoms with Crippen molar-refractivity contribution in [2.24, 2.45) is 4.99 Å². The Morgan fingerprint density at radius 3 is 2.52 bits per heavy atom. The van der Waals surface area contributed by atoms with E-state index in [0.29, 0.717) is 16.9 Å². The molecule has 0 saturated carbocycles. The summed E-state index contributed by atoms with van der Waals surface area (Å²) in [5.74, 6) is -0.413. The van der Waals surface area contributed by atoms with E-state index in [1.807, 2.05) is 4.57 Å². The Labute approximate surface area is 187 Å². The molecule has 0 aliphatic carbocycles. The molecule has 6 nitrogen and oxygen atoms in total. The zero-order valence-corrected chi connectivity index (χ0v) is 19.7. The maximum atomic E-state index is 12.8. The van der Waals surface area contributed by atoms with Gasteiger partial charge < -0.3 is 4.57 Å². The van der Waals surface area contributed by atoms with Crippen molar-refractivity contribution in [3.63, 3.8) is 0 Å². The molecule has 164 valence electrons. The third-order valence-corrected chi connectivity index (χ3v) is 7.83. The quantitative estimate of drug-likeness (QED) is 0.476. The zero-order valence-electron chi connectivity index (χ0n) is 18.0. The third-order valence-electron chi connectivity index (χ3n) is 4.95. The molecule has 1 aromatic heterocycles. The first-order valence-electron chi connectivity index (χ1n) is 10.1. The van der Waals surface area contributed by atoms with Crippen LogP contribution in [0.5, 0.6) is 0 Å². The number of fused-ring (bicyclic) bond motifs is 1. The first-order valence-corrected chi connectivity index (χ1v) is 12.4. The van der Waals surface area contributed by atoms with Gasteiger partial charge in [0.2, 0.25) is 10.0 Å². The fourth-order valence-corrected chi connectivity index (χ4v) is 5.18. The first kappa shape index (κ1) is 23.1. The van der Waals surface area contributed by atoms with Crippen LogP contribution in [0.25, 0.3) is 10.2 Å². The van der Waals surface area contributed by atoms with E-state index in [1.54, 1.807) is 6.08 Å². The van der Waals surface area contributed by atoms with Crippen LogP contribution in [0.4, 0.5) is 0 Å². The average molecular weight is 458 g/mol. The number of carbonyl (C=O) groups excluding carboxylic acids is 1. The van der Waals surface area contributed by atoms with Crippen molar-refractivity contribution >= 4 is 37.5 Å². The molecule has 1 amide bonds. The summed E-state index contributed by atoms with van der Waals surface area (Å²) >= 11 is 1.47. The van der Waals surface area contributed by atoms with Gasteiger partial charge in [-0.1, -0.05) is 36.8 Å². The number of aryl methyl sites for hydroxylation is 1. The van der Waals surface area contributed by atoms with Crippen LogP contribution < -0.4 is 4.80 Å². The first-order chi connectivity index (χ1) is 14.8. The Morgan fingerprint density at radius 2 is 1.90 bits per heavy atom. The van der Waals surface area contributed by atoms with Crippen molar-refractivity contribution < 1.29 is 13.2 Å². The second-order valence-corrected chi connectivity index (χ2v) is 10.6. The second-order valence-electron chi connectivity index (χ2n) is 7.42. The molecule has 2 aromatic carbocycles. The third kappa shape index (κ3) is 5.03. The lowest BCUT2D eigenvalue weighted by molar-refractivity contribution is 0.0998. The van der Waals surface area contributed by atoms with Crippen LogP contribution in [0.1, 0.15) is 35.7 Å². The Morgan fingerprint density at radius 1 is 1.19 bits per heavy atom. The van der Waals surface area contributed by atoms with Crippen LogP contribution in [-0.4, -0.2) is 37.3 Å². The number of nitrogens with zero attached hydrogens (tertiary/aromatic N) is 3. The molecule has 0 unspecified atom stereocenters. The van der Waals surface area contributed by atoms with Crippen molar-refractivity contribution in [3.8, 4) is 0 Å². The molecule has 31 heavy (non-hydrogen) atoms. The van der Waals surface area contributed by atoms with E-state index in [2.05, 4.69) is 36.7 Å². The molecule has 3 aromatic rings. The summed E-state index contributed by atoms with van der Waals surface area (Å²) in [7, 11) is -0.603. The Kier molecular flexibility index (Phi) is 7.25. The predicted molar refractivity (Wildman–Crippen MR) is 126 cm³/mol. The second kappa shape index (κ2) is 9.72. The van der Waals surface area contributed by atoms with Gasteiger partial charge in [-0.25, -0.2) is 12.7 Å². The van der Waals surface area contributed by atoms with Crippen LogP contribution in [0.15, 0.2) is 65.0 Å². The molecule has 0 N–H and O–H groups in total. The summed E-state index contributed by atoms with van der Waals surface area (Å²) in [5.41, 5.74) is 2.63. The van der Waals surface area contributed by atoms with Crippen molar-refractivity contribution in [1.82, 2.24) is 8.87 Å². The topological polar surface area (TPSA) is 71.7 Å². The van der Waals surface area contributed by atoms with Gasteiger partial charge in [0.05, 0.1) is 15.1 Å². The minimum Gasteiger partial charge on any atom is -0.312 e. The number of unbranched alkanes of at least 4 members (excludes halogenated alkanes) is 1. The molecular weight excluding hydrogens is 430 g/mol. The summed E-state index contributed by atoms with van der Waals surface area (Å²) < 4.78 is 28.6. The van der Waals surface area contributed by atoms with E-state index in [4.69, 9.17) is 0 Å². The van der Waals surface area contributed by atoms with Crippen molar-refractivity contribution in [2.75, 3.05) is 14.1 Å². The number of hydrogen-bond acceptors (Lipinski definition) is 4. The molecule has 8 heteroatoms. The molecule has 0 aliphatic rings. The standard InChI is InChI=1S/C23H27N3O3S2/c1-5-7-8-17-9-14-20-21(16-17)30-23(26(20)15-6-2)24-22(27)18-10-12-19(13-11-18)31(28,29)25(3)4/h6,9-14,16H,2,5,7-8,15H2,1,3-4H3. The Hall–Kier alpha value is -2.55. The van der Waals surface area contributed by atoms with Crippen molar-refractivity contribution in [3.05, 3.63) is 71.0 Å².